The third kappa shape index (κ3) is 3.94. The van der Waals surface area contributed by atoms with Crippen molar-refractivity contribution in [2.45, 2.75) is 39.7 Å². The molecule has 2 rings (SSSR count). The molecule has 0 aliphatic carbocycles. The average molecular weight is 346 g/mol. The van der Waals surface area contributed by atoms with Gasteiger partial charge in [0.05, 0.1) is 5.56 Å². The fourth-order valence-electron chi connectivity index (χ4n) is 2.53. The molecule has 128 valence electrons. The maximum atomic E-state index is 12.6. The minimum Gasteiger partial charge on any atom is -0.481 e. The van der Waals surface area contributed by atoms with E-state index in [0.717, 1.165) is 10.4 Å². The second kappa shape index (κ2) is 7.97. The number of nitrogens with two attached hydrogens (primary N) is 1. The summed E-state index contributed by atoms with van der Waals surface area (Å²) in [5.74, 6) is -0.178. The van der Waals surface area contributed by atoms with Crippen LogP contribution >= 0.6 is 11.3 Å². The minimum absolute atomic E-state index is 0.284. The zero-order chi connectivity index (χ0) is 17.7. The number of carbonyl (C=O) groups is 2. The number of ether oxygens (including phenoxy) is 1. The first-order chi connectivity index (χ1) is 11.5. The van der Waals surface area contributed by atoms with Gasteiger partial charge >= 0.3 is 0 Å². The van der Waals surface area contributed by atoms with Crippen molar-refractivity contribution in [1.29, 1.82) is 0 Å². The topological polar surface area (TPSA) is 81.4 Å². The van der Waals surface area contributed by atoms with Crippen molar-refractivity contribution >= 4 is 28.2 Å². The monoisotopic (exact) mass is 346 g/mol. The molecule has 2 amide bonds. The molecule has 2 aromatic rings. The number of hydrogen-bond acceptors (Lipinski definition) is 4. The van der Waals surface area contributed by atoms with Gasteiger partial charge in [0, 0.05) is 4.88 Å². The Bertz CT molecular complexity index is 725. The summed E-state index contributed by atoms with van der Waals surface area (Å²) >= 11 is 1.37. The summed E-state index contributed by atoms with van der Waals surface area (Å²) in [6, 6.07) is 9.18. The zero-order valence-electron chi connectivity index (χ0n) is 14.1. The standard InChI is InChI=1S/C18H22N2O3S/c1-4-13-11(3)24-18(15(13)16(19)21)20-17(22)14(5-2)23-12-9-7-6-8-10-12/h6-10,14H,4-5H2,1-3H3,(H2,19,21)(H,20,22). The number of hydrogen-bond donors (Lipinski definition) is 2. The van der Waals surface area contributed by atoms with E-state index in [1.165, 1.54) is 11.3 Å². The molecule has 0 aliphatic rings. The van der Waals surface area contributed by atoms with Gasteiger partial charge in [0.15, 0.2) is 6.10 Å². The van der Waals surface area contributed by atoms with Crippen molar-refractivity contribution < 1.29 is 14.3 Å². The SMILES string of the molecule is CCc1c(C)sc(NC(=O)C(CC)Oc2ccccc2)c1C(N)=O. The second-order valence-electron chi connectivity index (χ2n) is 5.38. The number of nitrogens with one attached hydrogen (secondary N) is 1. The van der Waals surface area contributed by atoms with Crippen molar-refractivity contribution in [3.63, 3.8) is 0 Å². The van der Waals surface area contributed by atoms with Crippen LogP contribution in [0.2, 0.25) is 0 Å². The van der Waals surface area contributed by atoms with Gasteiger partial charge in [0.25, 0.3) is 11.8 Å². The number of benzene rings is 1. The highest BCUT2D eigenvalue weighted by atomic mass is 32.1. The number of thiophene rings is 1. The molecule has 5 nitrogen and oxygen atoms in total. The number of para-hydroxylation sites is 1. The van der Waals surface area contributed by atoms with E-state index in [0.29, 0.717) is 29.2 Å². The van der Waals surface area contributed by atoms with Gasteiger partial charge in [0.2, 0.25) is 0 Å². The van der Waals surface area contributed by atoms with Crippen LogP contribution < -0.4 is 15.8 Å². The molecular formula is C18H22N2O3S. The van der Waals surface area contributed by atoms with Crippen molar-refractivity contribution in [3.8, 4) is 5.75 Å². The molecule has 1 aromatic heterocycles. The van der Waals surface area contributed by atoms with Crippen LogP contribution in [0.5, 0.6) is 5.75 Å². The van der Waals surface area contributed by atoms with Crippen molar-refractivity contribution in [3.05, 3.63) is 46.3 Å². The third-order valence-electron chi connectivity index (χ3n) is 3.73. The van der Waals surface area contributed by atoms with Crippen LogP contribution in [0.25, 0.3) is 0 Å². The molecule has 1 atom stereocenters. The number of carbonyl (C=O) groups excluding carboxylic acids is 2. The van der Waals surface area contributed by atoms with Crippen molar-refractivity contribution in [2.24, 2.45) is 5.73 Å². The van der Waals surface area contributed by atoms with E-state index in [4.69, 9.17) is 10.5 Å². The summed E-state index contributed by atoms with van der Waals surface area (Å²) in [4.78, 5) is 25.3. The fourth-order valence-corrected chi connectivity index (χ4v) is 3.68. The van der Waals surface area contributed by atoms with Crippen LogP contribution in [0.15, 0.2) is 30.3 Å². The molecule has 0 bridgehead atoms. The highest BCUT2D eigenvalue weighted by Crippen LogP contribution is 2.33. The number of anilines is 1. The maximum Gasteiger partial charge on any atom is 0.266 e. The van der Waals surface area contributed by atoms with Crippen LogP contribution in [0.1, 0.15) is 41.1 Å². The maximum absolute atomic E-state index is 12.6. The average Bonchev–Trinajstić information content (AvgIpc) is 2.88. The molecule has 0 fully saturated rings. The fraction of sp³-hybridized carbons (Fsp3) is 0.333. The van der Waals surface area contributed by atoms with Gasteiger partial charge in [-0.15, -0.1) is 11.3 Å². The minimum atomic E-state index is -0.638. The normalized spacial score (nSPS) is 11.8. The lowest BCUT2D eigenvalue weighted by molar-refractivity contribution is -0.122. The molecule has 0 saturated carbocycles. The number of primary amides is 1. The second-order valence-corrected chi connectivity index (χ2v) is 6.60. The molecule has 1 heterocycles. The predicted molar refractivity (Wildman–Crippen MR) is 96.7 cm³/mol. The lowest BCUT2D eigenvalue weighted by Crippen LogP contribution is -2.32. The summed E-state index contributed by atoms with van der Waals surface area (Å²) < 4.78 is 5.74. The molecule has 0 aliphatic heterocycles. The Balaban J connectivity index is 2.20. The van der Waals surface area contributed by atoms with E-state index in [1.54, 1.807) is 12.1 Å². The van der Waals surface area contributed by atoms with E-state index in [-0.39, 0.29) is 5.91 Å². The number of aryl methyl sites for hydroxylation is 1. The Morgan fingerprint density at radius 3 is 2.46 bits per heavy atom. The van der Waals surface area contributed by atoms with Crippen LogP contribution in [0, 0.1) is 6.92 Å². The van der Waals surface area contributed by atoms with E-state index >= 15 is 0 Å². The molecule has 24 heavy (non-hydrogen) atoms. The predicted octanol–water partition coefficient (Wildman–Crippen LogP) is 3.51. The first-order valence-corrected chi connectivity index (χ1v) is 8.74. The van der Waals surface area contributed by atoms with E-state index in [9.17, 15) is 9.59 Å². The van der Waals surface area contributed by atoms with Gasteiger partial charge in [0.1, 0.15) is 10.8 Å². The molecule has 1 unspecified atom stereocenters. The summed E-state index contributed by atoms with van der Waals surface area (Å²) in [5.41, 5.74) is 6.79. The Morgan fingerprint density at radius 2 is 1.92 bits per heavy atom. The van der Waals surface area contributed by atoms with Crippen molar-refractivity contribution in [1.82, 2.24) is 0 Å². The third-order valence-corrected chi connectivity index (χ3v) is 4.79. The lowest BCUT2D eigenvalue weighted by Gasteiger charge is -2.17. The largest absolute Gasteiger partial charge is 0.481 e. The molecule has 1 aromatic carbocycles. The number of rotatable bonds is 7. The van der Waals surface area contributed by atoms with Gasteiger partial charge in [-0.2, -0.15) is 0 Å². The quantitative estimate of drug-likeness (QED) is 0.805. The zero-order valence-corrected chi connectivity index (χ0v) is 14.9. The molecule has 0 radical (unpaired) electrons. The molecule has 0 spiro atoms. The first-order valence-electron chi connectivity index (χ1n) is 7.92. The van der Waals surface area contributed by atoms with Gasteiger partial charge in [-0.05, 0) is 37.5 Å². The lowest BCUT2D eigenvalue weighted by atomic mass is 10.1. The van der Waals surface area contributed by atoms with Gasteiger partial charge in [-0.3, -0.25) is 9.59 Å². The Hall–Kier alpha value is -2.34. The molecule has 3 N–H and O–H groups in total. The van der Waals surface area contributed by atoms with Crippen LogP contribution in [0.3, 0.4) is 0 Å². The van der Waals surface area contributed by atoms with E-state index < -0.39 is 12.0 Å². The van der Waals surface area contributed by atoms with Gasteiger partial charge in [-0.25, -0.2) is 0 Å². The molecule has 6 heteroatoms. The first kappa shape index (κ1) is 18.0. The van der Waals surface area contributed by atoms with Gasteiger partial charge in [-0.1, -0.05) is 32.0 Å². The van der Waals surface area contributed by atoms with Crippen LogP contribution in [0.4, 0.5) is 5.00 Å². The highest BCUT2D eigenvalue weighted by Gasteiger charge is 2.24. The Kier molecular flexibility index (Phi) is 5.98. The number of amides is 2. The van der Waals surface area contributed by atoms with Gasteiger partial charge < -0.3 is 15.8 Å². The molecule has 0 saturated heterocycles. The smallest absolute Gasteiger partial charge is 0.266 e. The van der Waals surface area contributed by atoms with E-state index in [1.807, 2.05) is 39.0 Å². The molecular weight excluding hydrogens is 324 g/mol. The van der Waals surface area contributed by atoms with Crippen LogP contribution in [-0.4, -0.2) is 17.9 Å². The Labute approximate surface area is 145 Å². The summed E-state index contributed by atoms with van der Waals surface area (Å²) in [6.45, 7) is 5.75. The van der Waals surface area contributed by atoms with E-state index in [2.05, 4.69) is 5.32 Å². The summed E-state index contributed by atoms with van der Waals surface area (Å²) in [7, 11) is 0. The summed E-state index contributed by atoms with van der Waals surface area (Å²) in [6.07, 6.45) is 0.562. The van der Waals surface area contributed by atoms with Crippen molar-refractivity contribution in [2.75, 3.05) is 5.32 Å². The summed E-state index contributed by atoms with van der Waals surface area (Å²) in [5, 5.41) is 3.31. The highest BCUT2D eigenvalue weighted by molar-refractivity contribution is 7.16. The van der Waals surface area contributed by atoms with Crippen LogP contribution in [-0.2, 0) is 11.2 Å². The Morgan fingerprint density at radius 1 is 1.25 bits per heavy atom.